The molecule has 10 heavy (non-hydrogen) atoms. The molecule has 0 aromatic heterocycles. The standard InChI is InChI=1S/C6H10F2O2/c7-6(8)2-1-4(9)5(10)3-6/h4-5,9-10H,1-3H2/t4-,5+/m1/s1. The van der Waals surface area contributed by atoms with Gasteiger partial charge in [-0.2, -0.15) is 0 Å². The molecule has 2 N–H and O–H groups in total. The molecule has 1 saturated carbocycles. The van der Waals surface area contributed by atoms with Crippen molar-refractivity contribution in [1.29, 1.82) is 0 Å². The number of aliphatic hydroxyl groups excluding tert-OH is 2. The highest BCUT2D eigenvalue weighted by atomic mass is 19.3. The van der Waals surface area contributed by atoms with E-state index in [9.17, 15) is 8.78 Å². The second-order valence-electron chi connectivity index (χ2n) is 2.73. The van der Waals surface area contributed by atoms with E-state index < -0.39 is 24.6 Å². The van der Waals surface area contributed by atoms with Crippen molar-refractivity contribution in [3.63, 3.8) is 0 Å². The molecule has 60 valence electrons. The Hall–Kier alpha value is -0.220. The molecule has 0 aromatic carbocycles. The average Bonchev–Trinajstić information content (AvgIpc) is 1.79. The lowest BCUT2D eigenvalue weighted by atomic mass is 9.92. The Balaban J connectivity index is 2.49. The zero-order valence-corrected chi connectivity index (χ0v) is 5.43. The number of hydrogen-bond acceptors (Lipinski definition) is 2. The fourth-order valence-corrected chi connectivity index (χ4v) is 1.10. The van der Waals surface area contributed by atoms with Gasteiger partial charge in [-0.3, -0.25) is 0 Å². The molecule has 2 nitrogen and oxygen atoms in total. The molecule has 0 saturated heterocycles. The molecule has 1 aliphatic rings. The average molecular weight is 152 g/mol. The highest BCUT2D eigenvalue weighted by Gasteiger charge is 2.39. The van der Waals surface area contributed by atoms with E-state index in [1.807, 2.05) is 0 Å². The van der Waals surface area contributed by atoms with Gasteiger partial charge in [0, 0.05) is 12.8 Å². The Kier molecular flexibility index (Phi) is 1.92. The zero-order valence-electron chi connectivity index (χ0n) is 5.43. The van der Waals surface area contributed by atoms with Crippen LogP contribution in [-0.4, -0.2) is 28.3 Å². The minimum atomic E-state index is -2.78. The topological polar surface area (TPSA) is 40.5 Å². The first-order chi connectivity index (χ1) is 4.51. The monoisotopic (exact) mass is 152 g/mol. The number of hydrogen-bond donors (Lipinski definition) is 2. The molecule has 0 spiro atoms. The molecule has 1 fully saturated rings. The SMILES string of the molecule is O[C@@H]1CCC(F)(F)C[C@@H]1O. The van der Waals surface area contributed by atoms with Gasteiger partial charge in [-0.15, -0.1) is 0 Å². The third-order valence-electron chi connectivity index (χ3n) is 1.76. The quantitative estimate of drug-likeness (QED) is 0.531. The van der Waals surface area contributed by atoms with E-state index in [4.69, 9.17) is 10.2 Å². The van der Waals surface area contributed by atoms with Crippen LogP contribution in [-0.2, 0) is 0 Å². The summed E-state index contributed by atoms with van der Waals surface area (Å²) in [5, 5.41) is 17.6. The van der Waals surface area contributed by atoms with Gasteiger partial charge in [-0.1, -0.05) is 0 Å². The van der Waals surface area contributed by atoms with Crippen LogP contribution < -0.4 is 0 Å². The van der Waals surface area contributed by atoms with Crippen LogP contribution in [0, 0.1) is 0 Å². The summed E-state index contributed by atoms with van der Waals surface area (Å²) in [5.41, 5.74) is 0. The smallest absolute Gasteiger partial charge is 0.250 e. The Morgan fingerprint density at radius 2 is 1.80 bits per heavy atom. The van der Waals surface area contributed by atoms with Crippen molar-refractivity contribution in [3.8, 4) is 0 Å². The summed E-state index contributed by atoms with van der Waals surface area (Å²) in [6.07, 6.45) is -3.13. The largest absolute Gasteiger partial charge is 0.390 e. The van der Waals surface area contributed by atoms with Crippen LogP contribution in [0.4, 0.5) is 8.78 Å². The molecule has 0 unspecified atom stereocenters. The Morgan fingerprint density at radius 3 is 2.20 bits per heavy atom. The molecular weight excluding hydrogens is 142 g/mol. The van der Waals surface area contributed by atoms with Gasteiger partial charge < -0.3 is 10.2 Å². The summed E-state index contributed by atoms with van der Waals surface area (Å²) in [6, 6.07) is 0. The van der Waals surface area contributed by atoms with E-state index in [0.717, 1.165) is 0 Å². The molecule has 0 aliphatic heterocycles. The fraction of sp³-hybridized carbons (Fsp3) is 1.00. The van der Waals surface area contributed by atoms with E-state index in [-0.39, 0.29) is 12.8 Å². The second kappa shape index (κ2) is 2.43. The predicted octanol–water partition coefficient (Wildman–Crippen LogP) is 0.527. The zero-order chi connectivity index (χ0) is 7.78. The summed E-state index contributed by atoms with van der Waals surface area (Å²) >= 11 is 0. The van der Waals surface area contributed by atoms with Crippen LogP contribution >= 0.6 is 0 Å². The first-order valence-electron chi connectivity index (χ1n) is 3.25. The molecule has 2 atom stereocenters. The van der Waals surface area contributed by atoms with Crippen LogP contribution in [0.15, 0.2) is 0 Å². The molecule has 1 aliphatic carbocycles. The number of alkyl halides is 2. The Morgan fingerprint density at radius 1 is 1.20 bits per heavy atom. The van der Waals surface area contributed by atoms with E-state index >= 15 is 0 Å². The van der Waals surface area contributed by atoms with Gasteiger partial charge in [0.2, 0.25) is 0 Å². The third kappa shape index (κ3) is 1.64. The highest BCUT2D eigenvalue weighted by Crippen LogP contribution is 2.33. The fourth-order valence-electron chi connectivity index (χ4n) is 1.10. The minimum Gasteiger partial charge on any atom is -0.390 e. The molecule has 0 heterocycles. The summed E-state index contributed by atoms with van der Waals surface area (Å²) in [4.78, 5) is 0. The molecule has 0 amide bonds. The van der Waals surface area contributed by atoms with Gasteiger partial charge >= 0.3 is 0 Å². The maximum absolute atomic E-state index is 12.4. The summed E-state index contributed by atoms with van der Waals surface area (Å²) in [7, 11) is 0. The van der Waals surface area contributed by atoms with Crippen molar-refractivity contribution < 1.29 is 19.0 Å². The number of halogens is 2. The van der Waals surface area contributed by atoms with E-state index in [1.165, 1.54) is 0 Å². The van der Waals surface area contributed by atoms with Crippen LogP contribution in [0.3, 0.4) is 0 Å². The molecule has 0 bridgehead atoms. The maximum Gasteiger partial charge on any atom is 0.250 e. The lowest BCUT2D eigenvalue weighted by molar-refractivity contribution is -0.121. The maximum atomic E-state index is 12.4. The van der Waals surface area contributed by atoms with Crippen molar-refractivity contribution in [2.24, 2.45) is 0 Å². The van der Waals surface area contributed by atoms with Crippen molar-refractivity contribution in [3.05, 3.63) is 0 Å². The van der Waals surface area contributed by atoms with E-state index in [0.29, 0.717) is 0 Å². The molecular formula is C6H10F2O2. The Bertz CT molecular complexity index is 127. The normalized spacial score (nSPS) is 39.6. The van der Waals surface area contributed by atoms with Gasteiger partial charge in [0.1, 0.15) is 0 Å². The van der Waals surface area contributed by atoms with Crippen molar-refractivity contribution in [1.82, 2.24) is 0 Å². The van der Waals surface area contributed by atoms with E-state index in [2.05, 4.69) is 0 Å². The van der Waals surface area contributed by atoms with E-state index in [1.54, 1.807) is 0 Å². The van der Waals surface area contributed by atoms with Crippen LogP contribution in [0.5, 0.6) is 0 Å². The van der Waals surface area contributed by atoms with Crippen LogP contribution in [0.1, 0.15) is 19.3 Å². The number of aliphatic hydroxyl groups is 2. The van der Waals surface area contributed by atoms with Crippen molar-refractivity contribution in [2.45, 2.75) is 37.4 Å². The first-order valence-corrected chi connectivity index (χ1v) is 3.25. The van der Waals surface area contributed by atoms with Gasteiger partial charge in [0.05, 0.1) is 12.2 Å². The van der Waals surface area contributed by atoms with Gasteiger partial charge in [0.15, 0.2) is 0 Å². The summed E-state index contributed by atoms with van der Waals surface area (Å²) < 4.78 is 24.7. The second-order valence-corrected chi connectivity index (χ2v) is 2.73. The summed E-state index contributed by atoms with van der Waals surface area (Å²) in [6.45, 7) is 0. The molecule has 0 radical (unpaired) electrons. The number of rotatable bonds is 0. The van der Waals surface area contributed by atoms with Crippen molar-refractivity contribution in [2.75, 3.05) is 0 Å². The minimum absolute atomic E-state index is 0.00579. The highest BCUT2D eigenvalue weighted by molar-refractivity contribution is 4.83. The first kappa shape index (κ1) is 7.88. The van der Waals surface area contributed by atoms with Gasteiger partial charge in [-0.25, -0.2) is 8.78 Å². The van der Waals surface area contributed by atoms with Crippen molar-refractivity contribution >= 4 is 0 Å². The molecule has 0 aromatic rings. The van der Waals surface area contributed by atoms with Gasteiger partial charge in [0.25, 0.3) is 5.92 Å². The van der Waals surface area contributed by atoms with Crippen LogP contribution in [0.25, 0.3) is 0 Å². The Labute approximate surface area is 57.5 Å². The molecule has 1 rings (SSSR count). The predicted molar refractivity (Wildman–Crippen MR) is 30.8 cm³/mol. The van der Waals surface area contributed by atoms with Crippen LogP contribution in [0.2, 0.25) is 0 Å². The molecule has 4 heteroatoms. The summed E-state index contributed by atoms with van der Waals surface area (Å²) in [5.74, 6) is -2.78. The third-order valence-corrected chi connectivity index (χ3v) is 1.76. The van der Waals surface area contributed by atoms with Gasteiger partial charge in [-0.05, 0) is 6.42 Å². The lowest BCUT2D eigenvalue weighted by Gasteiger charge is -2.29. The lowest BCUT2D eigenvalue weighted by Crippen LogP contribution is -2.39.